The van der Waals surface area contributed by atoms with Crippen LogP contribution in [0.25, 0.3) is 0 Å². The highest BCUT2D eigenvalue weighted by Gasteiger charge is 2.45. The summed E-state index contributed by atoms with van der Waals surface area (Å²) in [6, 6.07) is 7.42. The Hall–Kier alpha value is -2.57. The zero-order chi connectivity index (χ0) is 17.2. The fourth-order valence-corrected chi connectivity index (χ4v) is 3.01. The quantitative estimate of drug-likeness (QED) is 0.674. The van der Waals surface area contributed by atoms with Crippen molar-refractivity contribution in [1.29, 1.82) is 0 Å². The van der Waals surface area contributed by atoms with Crippen LogP contribution in [-0.4, -0.2) is 48.2 Å². The fourth-order valence-electron chi connectivity index (χ4n) is 3.01. The van der Waals surface area contributed by atoms with Crippen molar-refractivity contribution in [2.45, 2.75) is 31.8 Å². The van der Waals surface area contributed by atoms with E-state index < -0.39 is 11.8 Å². The zero-order valence-corrected chi connectivity index (χ0v) is 13.5. The molecule has 2 aliphatic heterocycles. The molecule has 1 aromatic carbocycles. The highest BCUT2D eigenvalue weighted by Crippen LogP contribution is 2.31. The van der Waals surface area contributed by atoms with Gasteiger partial charge in [0.2, 0.25) is 11.8 Å². The molecule has 0 bridgehead atoms. The zero-order valence-electron chi connectivity index (χ0n) is 13.5. The van der Waals surface area contributed by atoms with E-state index in [1.54, 1.807) is 11.0 Å². The third-order valence-electron chi connectivity index (χ3n) is 4.39. The van der Waals surface area contributed by atoms with Crippen molar-refractivity contribution in [1.82, 2.24) is 4.90 Å². The van der Waals surface area contributed by atoms with Crippen LogP contribution in [0.4, 0.5) is 10.5 Å². The Morgan fingerprint density at radius 2 is 2.04 bits per heavy atom. The van der Waals surface area contributed by atoms with Gasteiger partial charge in [-0.15, -0.1) is 0 Å². The number of cyclic esters (lactones) is 1. The van der Waals surface area contributed by atoms with Gasteiger partial charge >= 0.3 is 6.16 Å². The molecule has 2 aliphatic rings. The highest BCUT2D eigenvalue weighted by molar-refractivity contribution is 6.03. The van der Waals surface area contributed by atoms with E-state index >= 15 is 0 Å². The number of amides is 2. The van der Waals surface area contributed by atoms with E-state index in [1.807, 2.05) is 25.1 Å². The molecule has 3 rings (SSSR count). The predicted octanol–water partition coefficient (Wildman–Crippen LogP) is 1.85. The number of carbonyl (C=O) groups excluding carboxylic acids is 3. The van der Waals surface area contributed by atoms with Crippen LogP contribution in [0.2, 0.25) is 0 Å². The summed E-state index contributed by atoms with van der Waals surface area (Å²) in [5, 5.41) is 2.73. The number of hydrogen-bond acceptors (Lipinski definition) is 5. The van der Waals surface area contributed by atoms with Gasteiger partial charge in [0.15, 0.2) is 5.60 Å². The number of anilines is 1. The molecule has 0 unspecified atom stereocenters. The first-order valence-electron chi connectivity index (χ1n) is 7.96. The second-order valence-electron chi connectivity index (χ2n) is 6.30. The van der Waals surface area contributed by atoms with Crippen LogP contribution in [0.3, 0.4) is 0 Å². The molecule has 2 saturated heterocycles. The second-order valence-corrected chi connectivity index (χ2v) is 6.30. The SMILES string of the molecule is Cc1cccc(NC(=O)CC(=O)N2CCC3(CC2)COC(=O)O3)c1. The van der Waals surface area contributed by atoms with E-state index in [1.165, 1.54) is 0 Å². The van der Waals surface area contributed by atoms with Gasteiger partial charge in [0.25, 0.3) is 0 Å². The molecule has 0 aliphatic carbocycles. The van der Waals surface area contributed by atoms with Crippen molar-refractivity contribution in [3.05, 3.63) is 29.8 Å². The van der Waals surface area contributed by atoms with Gasteiger partial charge < -0.3 is 19.7 Å². The van der Waals surface area contributed by atoms with Gasteiger partial charge in [-0.05, 0) is 24.6 Å². The van der Waals surface area contributed by atoms with E-state index in [9.17, 15) is 14.4 Å². The van der Waals surface area contributed by atoms with Crippen molar-refractivity contribution in [2.75, 3.05) is 25.0 Å². The van der Waals surface area contributed by atoms with E-state index in [4.69, 9.17) is 9.47 Å². The number of hydrogen-bond donors (Lipinski definition) is 1. The van der Waals surface area contributed by atoms with Gasteiger partial charge in [0.05, 0.1) is 0 Å². The number of likely N-dealkylation sites (tertiary alicyclic amines) is 1. The summed E-state index contributed by atoms with van der Waals surface area (Å²) in [6.45, 7) is 3.08. The smallest absolute Gasteiger partial charge is 0.430 e. The molecule has 24 heavy (non-hydrogen) atoms. The largest absolute Gasteiger partial charge is 0.509 e. The Kier molecular flexibility index (Phi) is 4.42. The Morgan fingerprint density at radius 1 is 1.29 bits per heavy atom. The van der Waals surface area contributed by atoms with Crippen molar-refractivity contribution < 1.29 is 23.9 Å². The highest BCUT2D eigenvalue weighted by atomic mass is 16.8. The summed E-state index contributed by atoms with van der Waals surface area (Å²) in [5.41, 5.74) is 1.12. The fraction of sp³-hybridized carbons (Fsp3) is 0.471. The minimum absolute atomic E-state index is 0.197. The third kappa shape index (κ3) is 3.67. The Labute approximate surface area is 139 Å². The third-order valence-corrected chi connectivity index (χ3v) is 4.39. The second kappa shape index (κ2) is 6.51. The van der Waals surface area contributed by atoms with Gasteiger partial charge in [0.1, 0.15) is 13.0 Å². The van der Waals surface area contributed by atoms with Crippen LogP contribution < -0.4 is 5.32 Å². The molecule has 1 spiro atoms. The minimum atomic E-state index is -0.646. The van der Waals surface area contributed by atoms with Gasteiger partial charge in [-0.25, -0.2) is 4.79 Å². The lowest BCUT2D eigenvalue weighted by molar-refractivity contribution is -0.137. The standard InChI is InChI=1S/C17H20N2O5/c1-12-3-2-4-13(9-12)18-14(20)10-15(21)19-7-5-17(6-8-19)11-23-16(22)24-17/h2-4,9H,5-8,10-11H2,1H3,(H,18,20). The minimum Gasteiger partial charge on any atom is -0.430 e. The maximum Gasteiger partial charge on any atom is 0.509 e. The lowest BCUT2D eigenvalue weighted by atomic mass is 9.92. The summed E-state index contributed by atoms with van der Waals surface area (Å²) in [4.78, 5) is 37.0. The summed E-state index contributed by atoms with van der Waals surface area (Å²) in [7, 11) is 0. The topological polar surface area (TPSA) is 84.9 Å². The number of benzene rings is 1. The average molecular weight is 332 g/mol. The molecule has 0 saturated carbocycles. The van der Waals surface area contributed by atoms with Crippen molar-refractivity contribution >= 4 is 23.7 Å². The van der Waals surface area contributed by atoms with Crippen LogP contribution >= 0.6 is 0 Å². The van der Waals surface area contributed by atoms with E-state index in [2.05, 4.69) is 5.32 Å². The van der Waals surface area contributed by atoms with Gasteiger partial charge in [-0.2, -0.15) is 0 Å². The maximum absolute atomic E-state index is 12.3. The molecule has 0 radical (unpaired) electrons. The van der Waals surface area contributed by atoms with E-state index in [0.29, 0.717) is 31.6 Å². The number of aryl methyl sites for hydroxylation is 1. The molecule has 2 fully saturated rings. The van der Waals surface area contributed by atoms with Crippen LogP contribution in [0.1, 0.15) is 24.8 Å². The molecule has 7 nitrogen and oxygen atoms in total. The first-order valence-corrected chi connectivity index (χ1v) is 7.96. The molecule has 0 atom stereocenters. The number of nitrogens with zero attached hydrogens (tertiary/aromatic N) is 1. The van der Waals surface area contributed by atoms with Crippen LogP contribution in [-0.2, 0) is 19.1 Å². The van der Waals surface area contributed by atoms with Crippen LogP contribution in [0.15, 0.2) is 24.3 Å². The number of ether oxygens (including phenoxy) is 2. The molecule has 1 aromatic rings. The van der Waals surface area contributed by atoms with Gasteiger partial charge in [-0.3, -0.25) is 9.59 Å². The lowest BCUT2D eigenvalue weighted by Crippen LogP contribution is -2.48. The summed E-state index contributed by atoms with van der Waals surface area (Å²) < 4.78 is 10.1. The summed E-state index contributed by atoms with van der Waals surface area (Å²) >= 11 is 0. The Balaban J connectivity index is 1.49. The monoisotopic (exact) mass is 332 g/mol. The maximum atomic E-state index is 12.3. The molecular formula is C17H20N2O5. The average Bonchev–Trinajstić information content (AvgIpc) is 2.88. The Bertz CT molecular complexity index is 665. The molecule has 1 N–H and O–H groups in total. The van der Waals surface area contributed by atoms with E-state index in [0.717, 1.165) is 5.56 Å². The van der Waals surface area contributed by atoms with Gasteiger partial charge in [0, 0.05) is 31.6 Å². The van der Waals surface area contributed by atoms with Crippen LogP contribution in [0.5, 0.6) is 0 Å². The van der Waals surface area contributed by atoms with Gasteiger partial charge in [-0.1, -0.05) is 12.1 Å². The molecule has 128 valence electrons. The van der Waals surface area contributed by atoms with Crippen molar-refractivity contribution in [3.8, 4) is 0 Å². The van der Waals surface area contributed by atoms with E-state index in [-0.39, 0.29) is 24.8 Å². The number of piperidine rings is 1. The van der Waals surface area contributed by atoms with Crippen molar-refractivity contribution in [2.24, 2.45) is 0 Å². The molecular weight excluding hydrogens is 312 g/mol. The molecule has 2 heterocycles. The number of rotatable bonds is 3. The Morgan fingerprint density at radius 3 is 2.67 bits per heavy atom. The number of carbonyl (C=O) groups is 3. The predicted molar refractivity (Wildman–Crippen MR) is 85.4 cm³/mol. The molecule has 7 heteroatoms. The first kappa shape index (κ1) is 16.3. The first-order chi connectivity index (χ1) is 11.5. The van der Waals surface area contributed by atoms with Crippen LogP contribution in [0, 0.1) is 6.92 Å². The summed E-state index contributed by atoms with van der Waals surface area (Å²) in [6.07, 6.45) is 0.220. The lowest BCUT2D eigenvalue weighted by Gasteiger charge is -2.36. The normalized spacial score (nSPS) is 18.9. The summed E-state index contributed by atoms with van der Waals surface area (Å²) in [5.74, 6) is -0.554. The molecule has 2 amide bonds. The molecule has 0 aromatic heterocycles. The van der Waals surface area contributed by atoms with Crippen molar-refractivity contribution in [3.63, 3.8) is 0 Å². The number of nitrogens with one attached hydrogen (secondary N) is 1.